The molecule has 0 bridgehead atoms. The van der Waals surface area contributed by atoms with Crippen molar-refractivity contribution in [3.05, 3.63) is 48.6 Å². The van der Waals surface area contributed by atoms with Crippen LogP contribution in [0.1, 0.15) is 11.6 Å². The Morgan fingerprint density at radius 3 is 2.50 bits per heavy atom. The summed E-state index contributed by atoms with van der Waals surface area (Å²) in [5.74, 6) is -0.156. The van der Waals surface area contributed by atoms with Crippen LogP contribution in [-0.4, -0.2) is 25.9 Å². The van der Waals surface area contributed by atoms with Gasteiger partial charge in [0, 0.05) is 0 Å². The van der Waals surface area contributed by atoms with E-state index < -0.39 is 16.1 Å². The monoisotopic (exact) mass is 241 g/mol. The summed E-state index contributed by atoms with van der Waals surface area (Å²) in [4.78, 5) is 0. The SMILES string of the molecule is C=CCS(=O)(=O)N[C@@H](CO)c1ccccc1. The van der Waals surface area contributed by atoms with Crippen LogP contribution in [0.25, 0.3) is 0 Å². The summed E-state index contributed by atoms with van der Waals surface area (Å²) < 4.78 is 25.4. The van der Waals surface area contributed by atoms with Crippen molar-refractivity contribution in [1.82, 2.24) is 4.72 Å². The fourth-order valence-electron chi connectivity index (χ4n) is 1.32. The zero-order valence-corrected chi connectivity index (χ0v) is 9.65. The van der Waals surface area contributed by atoms with Crippen LogP contribution in [-0.2, 0) is 10.0 Å². The first-order chi connectivity index (χ1) is 7.59. The number of rotatable bonds is 6. The van der Waals surface area contributed by atoms with Crippen molar-refractivity contribution >= 4 is 10.0 Å². The Labute approximate surface area is 95.7 Å². The molecule has 0 aliphatic rings. The molecule has 0 fully saturated rings. The maximum atomic E-state index is 11.5. The molecule has 0 amide bonds. The molecule has 1 aromatic rings. The van der Waals surface area contributed by atoms with E-state index in [4.69, 9.17) is 5.11 Å². The minimum absolute atomic E-state index is 0.156. The minimum atomic E-state index is -3.42. The van der Waals surface area contributed by atoms with Crippen LogP contribution in [0.4, 0.5) is 0 Å². The fraction of sp³-hybridized carbons (Fsp3) is 0.273. The highest BCUT2D eigenvalue weighted by Crippen LogP contribution is 2.12. The Bertz CT molecular complexity index is 428. The molecule has 4 nitrogen and oxygen atoms in total. The third kappa shape index (κ3) is 3.77. The van der Waals surface area contributed by atoms with Crippen LogP contribution < -0.4 is 4.72 Å². The van der Waals surface area contributed by atoms with E-state index >= 15 is 0 Å². The van der Waals surface area contributed by atoms with Crippen molar-refractivity contribution in [3.63, 3.8) is 0 Å². The van der Waals surface area contributed by atoms with E-state index in [-0.39, 0.29) is 12.4 Å². The van der Waals surface area contributed by atoms with Gasteiger partial charge in [0.1, 0.15) is 0 Å². The van der Waals surface area contributed by atoms with Crippen LogP contribution in [0, 0.1) is 0 Å². The summed E-state index contributed by atoms with van der Waals surface area (Å²) in [6.45, 7) is 3.09. The number of nitrogens with one attached hydrogen (secondary N) is 1. The van der Waals surface area contributed by atoms with Gasteiger partial charge in [0.25, 0.3) is 0 Å². The van der Waals surface area contributed by atoms with E-state index in [1.165, 1.54) is 6.08 Å². The van der Waals surface area contributed by atoms with Gasteiger partial charge in [-0.05, 0) is 5.56 Å². The quantitative estimate of drug-likeness (QED) is 0.725. The smallest absolute Gasteiger partial charge is 0.215 e. The van der Waals surface area contributed by atoms with Crippen LogP contribution in [0.2, 0.25) is 0 Å². The van der Waals surface area contributed by atoms with Crippen molar-refractivity contribution in [2.45, 2.75) is 6.04 Å². The van der Waals surface area contributed by atoms with Gasteiger partial charge in [0.15, 0.2) is 0 Å². The lowest BCUT2D eigenvalue weighted by molar-refractivity contribution is 0.259. The molecular weight excluding hydrogens is 226 g/mol. The third-order valence-corrected chi connectivity index (χ3v) is 3.36. The zero-order valence-electron chi connectivity index (χ0n) is 8.83. The Morgan fingerprint density at radius 2 is 2.00 bits per heavy atom. The summed E-state index contributed by atoms with van der Waals surface area (Å²) in [5.41, 5.74) is 0.734. The summed E-state index contributed by atoms with van der Waals surface area (Å²) in [5, 5.41) is 9.16. The molecule has 1 rings (SSSR count). The second kappa shape index (κ2) is 5.79. The highest BCUT2D eigenvalue weighted by atomic mass is 32.2. The molecule has 0 spiro atoms. The molecule has 0 heterocycles. The summed E-state index contributed by atoms with van der Waals surface area (Å²) in [6.07, 6.45) is 1.31. The molecule has 16 heavy (non-hydrogen) atoms. The second-order valence-electron chi connectivity index (χ2n) is 3.33. The van der Waals surface area contributed by atoms with Crippen molar-refractivity contribution < 1.29 is 13.5 Å². The second-order valence-corrected chi connectivity index (χ2v) is 5.13. The van der Waals surface area contributed by atoms with Crippen molar-refractivity contribution in [3.8, 4) is 0 Å². The first-order valence-electron chi connectivity index (χ1n) is 4.86. The molecule has 5 heteroatoms. The highest BCUT2D eigenvalue weighted by molar-refractivity contribution is 7.89. The molecule has 0 saturated heterocycles. The molecule has 0 unspecified atom stereocenters. The molecular formula is C11H15NO3S. The van der Waals surface area contributed by atoms with Crippen LogP contribution in [0.15, 0.2) is 43.0 Å². The zero-order chi connectivity index (χ0) is 12.0. The van der Waals surface area contributed by atoms with E-state index in [0.717, 1.165) is 5.56 Å². The lowest BCUT2D eigenvalue weighted by Gasteiger charge is -2.15. The van der Waals surface area contributed by atoms with Gasteiger partial charge in [-0.3, -0.25) is 0 Å². The van der Waals surface area contributed by atoms with Crippen molar-refractivity contribution in [2.24, 2.45) is 0 Å². The molecule has 0 aliphatic carbocycles. The predicted octanol–water partition coefficient (Wildman–Crippen LogP) is 0.825. The molecule has 0 aliphatic heterocycles. The number of benzene rings is 1. The number of aliphatic hydroxyl groups is 1. The Hall–Kier alpha value is -1.17. The lowest BCUT2D eigenvalue weighted by Crippen LogP contribution is -2.32. The van der Waals surface area contributed by atoms with E-state index in [1.54, 1.807) is 24.3 Å². The van der Waals surface area contributed by atoms with Gasteiger partial charge in [0.2, 0.25) is 10.0 Å². The van der Waals surface area contributed by atoms with E-state index in [0.29, 0.717) is 0 Å². The first kappa shape index (κ1) is 12.9. The topological polar surface area (TPSA) is 66.4 Å². The van der Waals surface area contributed by atoms with E-state index in [1.807, 2.05) is 6.07 Å². The Kier molecular flexibility index (Phi) is 4.67. The summed E-state index contributed by atoms with van der Waals surface area (Å²) in [7, 11) is -3.42. The standard InChI is InChI=1S/C11H15NO3S/c1-2-8-16(14,15)12-11(9-13)10-6-4-3-5-7-10/h2-7,11-13H,1,8-9H2/t11-/m0/s1. The number of hydrogen-bond donors (Lipinski definition) is 2. The van der Waals surface area contributed by atoms with Crippen LogP contribution >= 0.6 is 0 Å². The molecule has 0 radical (unpaired) electrons. The molecule has 1 aromatic carbocycles. The van der Waals surface area contributed by atoms with Gasteiger partial charge in [-0.1, -0.05) is 36.4 Å². The average Bonchev–Trinajstić information content (AvgIpc) is 2.27. The van der Waals surface area contributed by atoms with Gasteiger partial charge in [-0.25, -0.2) is 13.1 Å². The maximum absolute atomic E-state index is 11.5. The van der Waals surface area contributed by atoms with Crippen molar-refractivity contribution in [2.75, 3.05) is 12.4 Å². The van der Waals surface area contributed by atoms with Gasteiger partial charge in [-0.15, -0.1) is 6.58 Å². The maximum Gasteiger partial charge on any atom is 0.215 e. The van der Waals surface area contributed by atoms with Crippen molar-refractivity contribution in [1.29, 1.82) is 0 Å². The van der Waals surface area contributed by atoms with Gasteiger partial charge >= 0.3 is 0 Å². The molecule has 0 aromatic heterocycles. The Balaban J connectivity index is 2.81. The Morgan fingerprint density at radius 1 is 1.38 bits per heavy atom. The number of sulfonamides is 1. The highest BCUT2D eigenvalue weighted by Gasteiger charge is 2.17. The predicted molar refractivity (Wildman–Crippen MR) is 63.4 cm³/mol. The number of aliphatic hydroxyl groups excluding tert-OH is 1. The summed E-state index contributed by atoms with van der Waals surface area (Å²) in [6, 6.07) is 8.33. The van der Waals surface area contributed by atoms with Crippen LogP contribution in [0.3, 0.4) is 0 Å². The largest absolute Gasteiger partial charge is 0.394 e. The van der Waals surface area contributed by atoms with Gasteiger partial charge < -0.3 is 5.11 Å². The molecule has 88 valence electrons. The molecule has 1 atom stereocenters. The first-order valence-corrected chi connectivity index (χ1v) is 6.51. The third-order valence-electron chi connectivity index (χ3n) is 2.04. The molecule has 2 N–H and O–H groups in total. The average molecular weight is 241 g/mol. The minimum Gasteiger partial charge on any atom is -0.394 e. The van der Waals surface area contributed by atoms with Crippen LogP contribution in [0.5, 0.6) is 0 Å². The van der Waals surface area contributed by atoms with Gasteiger partial charge in [0.05, 0.1) is 18.4 Å². The number of hydrogen-bond acceptors (Lipinski definition) is 3. The fourth-order valence-corrected chi connectivity index (χ4v) is 2.37. The lowest BCUT2D eigenvalue weighted by atomic mass is 10.1. The summed E-state index contributed by atoms with van der Waals surface area (Å²) >= 11 is 0. The normalized spacial score (nSPS) is 13.3. The van der Waals surface area contributed by atoms with Gasteiger partial charge in [-0.2, -0.15) is 0 Å². The van der Waals surface area contributed by atoms with E-state index in [2.05, 4.69) is 11.3 Å². The van der Waals surface area contributed by atoms with E-state index in [9.17, 15) is 8.42 Å². The molecule has 0 saturated carbocycles.